The third-order valence-electron chi connectivity index (χ3n) is 2.99. The van der Waals surface area contributed by atoms with E-state index in [0.717, 1.165) is 0 Å². The lowest BCUT2D eigenvalue weighted by atomic mass is 10.1. The molecule has 0 aliphatic rings. The van der Waals surface area contributed by atoms with Gasteiger partial charge in [-0.3, -0.25) is 4.55 Å². The summed E-state index contributed by atoms with van der Waals surface area (Å²) >= 11 is 12.1. The van der Waals surface area contributed by atoms with Crippen molar-refractivity contribution in [3.8, 4) is 0 Å². The number of rotatable bonds is 6. The zero-order valence-corrected chi connectivity index (χ0v) is 21.5. The molecule has 1 rings (SSSR count). The van der Waals surface area contributed by atoms with Gasteiger partial charge in [-0.15, -0.1) is 0 Å². The van der Waals surface area contributed by atoms with Gasteiger partial charge in [0.2, 0.25) is 6.10 Å². The van der Waals surface area contributed by atoms with Crippen molar-refractivity contribution in [2.24, 2.45) is 0 Å². The van der Waals surface area contributed by atoms with Gasteiger partial charge in [-0.05, 0) is 77.6 Å². The first kappa shape index (κ1) is 26.8. The van der Waals surface area contributed by atoms with E-state index in [-0.39, 0.29) is 23.5 Å². The van der Waals surface area contributed by atoms with E-state index in [0.29, 0.717) is 0 Å². The molecule has 0 aliphatic heterocycles. The van der Waals surface area contributed by atoms with E-state index in [4.69, 9.17) is 9.29 Å². The van der Waals surface area contributed by atoms with Crippen LogP contribution in [0, 0.1) is 0 Å². The van der Waals surface area contributed by atoms with Crippen molar-refractivity contribution in [1.29, 1.82) is 0 Å². The van der Waals surface area contributed by atoms with E-state index < -0.39 is 51.8 Å². The van der Waals surface area contributed by atoms with Crippen LogP contribution in [0.2, 0.25) is 0 Å². The van der Waals surface area contributed by atoms with Crippen molar-refractivity contribution < 1.29 is 45.2 Å². The van der Waals surface area contributed by atoms with Crippen LogP contribution in [0.25, 0.3) is 0 Å². The van der Waals surface area contributed by atoms with Crippen LogP contribution in [-0.2, 0) is 19.6 Å². The molecule has 1 atom stereocenters. The molecule has 1 N–H and O–H groups in total. The lowest BCUT2D eigenvalue weighted by Gasteiger charge is -2.21. The average Bonchev–Trinajstić information content (AvgIpc) is 2.50. The van der Waals surface area contributed by atoms with Crippen LogP contribution in [0.1, 0.15) is 34.6 Å². The Bertz CT molecular complexity index is 903. The SMILES string of the molecule is CC(C)OC(=O)c1c(Br)c(Br)c(C(=O)OC(CS(=O)(=O)O)C(F)(F)F)c(Br)c1Br. The summed E-state index contributed by atoms with van der Waals surface area (Å²) in [4.78, 5) is 24.6. The summed E-state index contributed by atoms with van der Waals surface area (Å²) in [5.41, 5.74) is -0.547. The van der Waals surface area contributed by atoms with Gasteiger partial charge in [0.15, 0.2) is 0 Å². The molecule has 164 valence electrons. The van der Waals surface area contributed by atoms with Crippen LogP contribution in [0.15, 0.2) is 17.9 Å². The van der Waals surface area contributed by atoms with Gasteiger partial charge in [0.05, 0.1) is 17.2 Å². The molecule has 1 aromatic carbocycles. The van der Waals surface area contributed by atoms with Crippen LogP contribution >= 0.6 is 63.7 Å². The van der Waals surface area contributed by atoms with Crippen LogP contribution < -0.4 is 0 Å². The largest absolute Gasteiger partial charge is 0.459 e. The summed E-state index contributed by atoms with van der Waals surface area (Å²) in [7, 11) is -5.10. The smallest absolute Gasteiger partial charge is 0.426 e. The Kier molecular flexibility index (Phi) is 9.19. The summed E-state index contributed by atoms with van der Waals surface area (Å²) in [6.45, 7) is 3.20. The summed E-state index contributed by atoms with van der Waals surface area (Å²) < 4.78 is 78.4. The number of hydrogen-bond donors (Lipinski definition) is 1. The van der Waals surface area contributed by atoms with Crippen molar-refractivity contribution in [2.45, 2.75) is 32.2 Å². The molecule has 0 amide bonds. The highest BCUT2D eigenvalue weighted by atomic mass is 79.9. The predicted molar refractivity (Wildman–Crippen MR) is 109 cm³/mol. The van der Waals surface area contributed by atoms with Gasteiger partial charge in [0.1, 0.15) is 5.75 Å². The Hall–Kier alpha value is -0.220. The summed E-state index contributed by atoms with van der Waals surface area (Å²) in [6, 6.07) is 0. The number of halogens is 7. The molecule has 0 fully saturated rings. The number of hydrogen-bond acceptors (Lipinski definition) is 6. The van der Waals surface area contributed by atoms with Gasteiger partial charge < -0.3 is 9.47 Å². The van der Waals surface area contributed by atoms with Crippen molar-refractivity contribution >= 4 is 85.8 Å². The minimum atomic E-state index is -5.26. The second-order valence-corrected chi connectivity index (χ2v) is 10.3. The van der Waals surface area contributed by atoms with E-state index in [1.807, 2.05) is 0 Å². The average molecular weight is 700 g/mol. The highest BCUT2D eigenvalue weighted by Gasteiger charge is 2.46. The van der Waals surface area contributed by atoms with Gasteiger partial charge in [-0.2, -0.15) is 21.6 Å². The Labute approximate surface area is 196 Å². The lowest BCUT2D eigenvalue weighted by Crippen LogP contribution is -2.39. The molecule has 0 saturated carbocycles. The van der Waals surface area contributed by atoms with Crippen molar-refractivity contribution in [3.05, 3.63) is 29.0 Å². The van der Waals surface area contributed by atoms with Crippen LogP contribution in [-0.4, -0.2) is 49.0 Å². The molecule has 0 aromatic heterocycles. The Morgan fingerprint density at radius 1 is 0.931 bits per heavy atom. The second-order valence-electron chi connectivity index (χ2n) is 5.64. The highest BCUT2D eigenvalue weighted by Crippen LogP contribution is 2.43. The van der Waals surface area contributed by atoms with Crippen molar-refractivity contribution in [3.63, 3.8) is 0 Å². The van der Waals surface area contributed by atoms with Gasteiger partial charge in [-0.25, -0.2) is 9.59 Å². The van der Waals surface area contributed by atoms with E-state index in [1.165, 1.54) is 0 Å². The summed E-state index contributed by atoms with van der Waals surface area (Å²) in [5.74, 6) is -4.24. The monoisotopic (exact) mass is 696 g/mol. The Morgan fingerprint density at radius 2 is 1.28 bits per heavy atom. The van der Waals surface area contributed by atoms with Crippen LogP contribution in [0.5, 0.6) is 0 Å². The first-order chi connectivity index (χ1) is 13.0. The Balaban J connectivity index is 3.44. The number of esters is 2. The maximum atomic E-state index is 13.0. The fourth-order valence-corrected chi connectivity index (χ4v) is 5.24. The summed E-state index contributed by atoms with van der Waals surface area (Å²) in [6.07, 6.45) is -8.86. The molecule has 0 saturated heterocycles. The topological polar surface area (TPSA) is 107 Å². The van der Waals surface area contributed by atoms with Gasteiger partial charge in [0, 0.05) is 17.9 Å². The number of ether oxygens (including phenoxy) is 2. The van der Waals surface area contributed by atoms with E-state index >= 15 is 0 Å². The van der Waals surface area contributed by atoms with E-state index in [1.54, 1.807) is 13.8 Å². The minimum Gasteiger partial charge on any atom is -0.459 e. The maximum absolute atomic E-state index is 13.0. The normalized spacial score (nSPS) is 13.3. The van der Waals surface area contributed by atoms with Gasteiger partial charge in [-0.1, -0.05) is 0 Å². The molecule has 0 heterocycles. The number of carbonyl (C=O) groups is 2. The van der Waals surface area contributed by atoms with Crippen LogP contribution in [0.4, 0.5) is 13.2 Å². The van der Waals surface area contributed by atoms with Crippen molar-refractivity contribution in [2.75, 3.05) is 5.75 Å². The molecular formula is C14H11Br4F3O7S. The third kappa shape index (κ3) is 7.16. The van der Waals surface area contributed by atoms with Gasteiger partial charge in [0.25, 0.3) is 10.1 Å². The zero-order chi connectivity index (χ0) is 22.9. The van der Waals surface area contributed by atoms with E-state index in [9.17, 15) is 31.2 Å². The molecule has 0 spiro atoms. The molecule has 1 unspecified atom stereocenters. The first-order valence-corrected chi connectivity index (χ1v) is 12.0. The molecule has 1 aromatic rings. The standard InChI is InChI=1S/C14H11Br4F3O7S/c1-4(2)27-12(22)6-8(15)10(17)7(11(18)9(6)16)13(23)28-5(14(19,20)21)3-29(24,25)26/h4-5H,3H2,1-2H3,(H,24,25,26). The molecular weight excluding hydrogens is 689 g/mol. The predicted octanol–water partition coefficient (Wildman–Crippen LogP) is 5.28. The molecule has 0 bridgehead atoms. The van der Waals surface area contributed by atoms with Crippen molar-refractivity contribution in [1.82, 2.24) is 0 Å². The van der Waals surface area contributed by atoms with Crippen LogP contribution in [0.3, 0.4) is 0 Å². The molecule has 29 heavy (non-hydrogen) atoms. The lowest BCUT2D eigenvalue weighted by molar-refractivity contribution is -0.197. The number of alkyl halides is 3. The molecule has 0 aliphatic carbocycles. The Morgan fingerprint density at radius 3 is 1.55 bits per heavy atom. The maximum Gasteiger partial charge on any atom is 0.426 e. The first-order valence-electron chi connectivity index (χ1n) is 7.27. The minimum absolute atomic E-state index is 0.0245. The zero-order valence-electron chi connectivity index (χ0n) is 14.3. The quantitative estimate of drug-likeness (QED) is 0.245. The molecule has 15 heteroatoms. The van der Waals surface area contributed by atoms with Gasteiger partial charge >= 0.3 is 18.1 Å². The third-order valence-corrected chi connectivity index (χ3v) is 7.95. The fourth-order valence-electron chi connectivity index (χ4n) is 1.84. The highest BCUT2D eigenvalue weighted by molar-refractivity contribution is 9.14. The van der Waals surface area contributed by atoms with E-state index in [2.05, 4.69) is 68.5 Å². The second kappa shape index (κ2) is 9.94. The molecule has 7 nitrogen and oxygen atoms in total. The number of carbonyl (C=O) groups excluding carboxylic acids is 2. The summed E-state index contributed by atoms with van der Waals surface area (Å²) in [5, 5.41) is 0. The molecule has 0 radical (unpaired) electrons. The fraction of sp³-hybridized carbons (Fsp3) is 0.429. The number of benzene rings is 1.